The molecule has 6 aliphatic rings. The second kappa shape index (κ2) is 7.91. The predicted octanol–water partition coefficient (Wildman–Crippen LogP) is -2.44. The number of nitrogens with zero attached hydrogens (tertiary/aromatic N) is 2. The molecule has 3 unspecified atom stereocenters. The fourth-order valence-corrected chi connectivity index (χ4v) is 7.38. The third-order valence-electron chi connectivity index (χ3n) is 8.09. The molecule has 11 atom stereocenters. The molecule has 6 fully saturated rings. The Labute approximate surface area is 203 Å². The van der Waals surface area contributed by atoms with E-state index in [9.17, 15) is 38.8 Å². The molecule has 0 aromatic heterocycles. The van der Waals surface area contributed by atoms with E-state index in [0.717, 1.165) is 0 Å². The highest BCUT2D eigenvalue weighted by atomic mass is 31.2. The summed E-state index contributed by atoms with van der Waals surface area (Å²) in [6.45, 7) is 0.325. The van der Waals surface area contributed by atoms with Crippen LogP contribution in [0.3, 0.4) is 0 Å². The van der Waals surface area contributed by atoms with Crippen molar-refractivity contribution in [3.8, 4) is 0 Å². The molecule has 4 bridgehead atoms. The number of carbonyl (C=O) groups is 4. The number of aliphatic hydroxyl groups is 2. The summed E-state index contributed by atoms with van der Waals surface area (Å²) in [5, 5.41) is 24.8. The number of fused-ring (bicyclic) bond motifs is 7. The van der Waals surface area contributed by atoms with Crippen molar-refractivity contribution < 1.29 is 57.4 Å². The number of carbonyl (C=O) groups excluding carboxylic acids is 4. The highest BCUT2D eigenvalue weighted by Gasteiger charge is 2.76. The van der Waals surface area contributed by atoms with Crippen LogP contribution in [0.15, 0.2) is 0 Å². The number of amides is 6. The first-order chi connectivity index (χ1) is 17.0. The lowest BCUT2D eigenvalue weighted by Crippen LogP contribution is -2.88. The molecule has 5 aliphatic heterocycles. The van der Waals surface area contributed by atoms with E-state index in [0.29, 0.717) is 0 Å². The number of ether oxygens (including phenoxy) is 2. The van der Waals surface area contributed by atoms with E-state index in [-0.39, 0.29) is 12.8 Å². The third kappa shape index (κ3) is 3.23. The van der Waals surface area contributed by atoms with E-state index >= 15 is 0 Å². The zero-order valence-electron chi connectivity index (χ0n) is 18.9. The van der Waals surface area contributed by atoms with Crippen molar-refractivity contribution >= 4 is 31.7 Å². The van der Waals surface area contributed by atoms with Gasteiger partial charge in [-0.3, -0.25) is 39.1 Å². The molecule has 0 aromatic carbocycles. The zero-order chi connectivity index (χ0) is 25.7. The number of imide groups is 2. The summed E-state index contributed by atoms with van der Waals surface area (Å²) >= 11 is 0. The van der Waals surface area contributed by atoms with Crippen LogP contribution in [0.1, 0.15) is 19.8 Å². The lowest BCUT2D eigenvalue weighted by Gasteiger charge is -2.67. The SMILES string of the molecule is C[C@]12C(=O)NC(=O)N3[C@H]1[C@H]1[C@@H]2C(=O)NC(=O)N1[C@H]1CC(O)[C@H](COP(=O)(O)OC2C[C@H]3O[C@H]2CO)O1. The van der Waals surface area contributed by atoms with Crippen LogP contribution in [-0.2, 0) is 32.7 Å². The maximum absolute atomic E-state index is 13.1. The monoisotopic (exact) mass is 532 g/mol. The van der Waals surface area contributed by atoms with E-state index in [2.05, 4.69) is 10.6 Å². The number of rotatable bonds is 1. The number of hydrogen-bond acceptors (Lipinski definition) is 11. The molecule has 1 aliphatic carbocycles. The minimum absolute atomic E-state index is 0.117. The molecule has 0 spiro atoms. The fourth-order valence-electron chi connectivity index (χ4n) is 6.42. The Morgan fingerprint density at radius 2 is 1.75 bits per heavy atom. The average Bonchev–Trinajstić information content (AvgIpc) is 3.35. The zero-order valence-corrected chi connectivity index (χ0v) is 19.8. The number of aliphatic hydroxyl groups excluding tert-OH is 2. The molecule has 1 saturated carbocycles. The summed E-state index contributed by atoms with van der Waals surface area (Å²) in [6.07, 6.45) is -7.14. The van der Waals surface area contributed by atoms with Crippen molar-refractivity contribution in [1.82, 2.24) is 20.4 Å². The van der Waals surface area contributed by atoms with Crippen molar-refractivity contribution in [2.45, 2.75) is 68.7 Å². The van der Waals surface area contributed by atoms with Gasteiger partial charge in [0, 0.05) is 12.8 Å². The summed E-state index contributed by atoms with van der Waals surface area (Å²) in [4.78, 5) is 64.7. The molecule has 5 heterocycles. The molecular formula is C19H25N4O12P. The molecular weight excluding hydrogens is 507 g/mol. The summed E-state index contributed by atoms with van der Waals surface area (Å²) in [7, 11) is -4.73. The number of phosphoric ester groups is 1. The van der Waals surface area contributed by atoms with Gasteiger partial charge in [-0.1, -0.05) is 0 Å². The standard InChI is InChI=1S/C19H25N4O12P/c1-19-12-13-14(19)23(18(29)21-16(19)27)11-3-7(8(4-24)33-11)35-36(30,31)32-5-9-6(25)2-10(34-9)22(13)17(28)20-15(12)26/h6-14,24-25H,2-5H2,1H3,(H,30,31)(H,20,26,28)(H,21,27,29)/t6?,7?,8-,9-,10+,11+,12+,13+,14-,19+/m0/s1. The van der Waals surface area contributed by atoms with Crippen LogP contribution in [0.2, 0.25) is 0 Å². The molecule has 36 heavy (non-hydrogen) atoms. The van der Waals surface area contributed by atoms with Gasteiger partial charge in [-0.05, 0) is 6.92 Å². The maximum atomic E-state index is 13.1. The summed E-state index contributed by atoms with van der Waals surface area (Å²) in [6, 6.07) is -3.72. The minimum atomic E-state index is -4.73. The molecule has 5 saturated heterocycles. The molecule has 6 rings (SSSR count). The summed E-state index contributed by atoms with van der Waals surface area (Å²) in [5.74, 6) is -2.44. The van der Waals surface area contributed by atoms with E-state index in [1.54, 1.807) is 0 Å². The summed E-state index contributed by atoms with van der Waals surface area (Å²) in [5.41, 5.74) is -1.46. The Balaban J connectivity index is 1.46. The molecule has 198 valence electrons. The first kappa shape index (κ1) is 24.2. The van der Waals surface area contributed by atoms with Gasteiger partial charge in [-0.15, -0.1) is 0 Å². The Morgan fingerprint density at radius 3 is 2.47 bits per heavy atom. The van der Waals surface area contributed by atoms with E-state index in [1.807, 2.05) is 0 Å². The molecule has 16 nitrogen and oxygen atoms in total. The highest BCUT2D eigenvalue weighted by Crippen LogP contribution is 2.57. The lowest BCUT2D eigenvalue weighted by atomic mass is 9.50. The summed E-state index contributed by atoms with van der Waals surface area (Å²) < 4.78 is 34.5. The van der Waals surface area contributed by atoms with Gasteiger partial charge in [0.15, 0.2) is 0 Å². The van der Waals surface area contributed by atoms with Gasteiger partial charge in [0.05, 0.1) is 42.7 Å². The van der Waals surface area contributed by atoms with Gasteiger partial charge >= 0.3 is 19.9 Å². The number of hydrogen-bond donors (Lipinski definition) is 5. The molecule has 6 amide bonds. The quantitative estimate of drug-likeness (QED) is 0.223. The van der Waals surface area contributed by atoms with Crippen LogP contribution in [0.5, 0.6) is 0 Å². The van der Waals surface area contributed by atoms with Crippen molar-refractivity contribution in [2.75, 3.05) is 13.2 Å². The Kier molecular flexibility index (Phi) is 5.32. The normalized spacial score (nSPS) is 50.2. The third-order valence-corrected chi connectivity index (χ3v) is 9.11. The van der Waals surface area contributed by atoms with E-state index in [4.69, 9.17) is 18.5 Å². The Morgan fingerprint density at radius 1 is 1.06 bits per heavy atom. The minimum Gasteiger partial charge on any atom is -0.394 e. The van der Waals surface area contributed by atoms with Gasteiger partial charge in [-0.25, -0.2) is 14.2 Å². The lowest BCUT2D eigenvalue weighted by molar-refractivity contribution is -0.213. The van der Waals surface area contributed by atoms with E-state index < -0.39 is 105 Å². The Bertz CT molecular complexity index is 1090. The number of nitrogens with one attached hydrogen (secondary N) is 2. The second-order valence-corrected chi connectivity index (χ2v) is 11.4. The van der Waals surface area contributed by atoms with Crippen molar-refractivity contribution in [2.24, 2.45) is 11.3 Å². The highest BCUT2D eigenvalue weighted by molar-refractivity contribution is 7.47. The Hall–Kier alpha value is -2.17. The van der Waals surface area contributed by atoms with Gasteiger partial charge in [-0.2, -0.15) is 0 Å². The molecule has 0 aromatic rings. The maximum Gasteiger partial charge on any atom is 0.472 e. The topological polar surface area (TPSA) is 213 Å². The number of phosphoric acid groups is 1. The first-order valence-electron chi connectivity index (χ1n) is 11.5. The van der Waals surface area contributed by atoms with E-state index in [1.165, 1.54) is 16.7 Å². The molecule has 17 heteroatoms. The van der Waals surface area contributed by atoms with Gasteiger partial charge in [0.2, 0.25) is 11.8 Å². The van der Waals surface area contributed by atoms with Crippen molar-refractivity contribution in [3.05, 3.63) is 0 Å². The molecule has 0 radical (unpaired) electrons. The fraction of sp³-hybridized carbons (Fsp3) is 0.789. The second-order valence-electron chi connectivity index (χ2n) is 9.95. The van der Waals surface area contributed by atoms with Crippen LogP contribution in [-0.4, -0.2) is 111 Å². The van der Waals surface area contributed by atoms with Crippen LogP contribution >= 0.6 is 7.82 Å². The first-order valence-corrected chi connectivity index (χ1v) is 13.0. The van der Waals surface area contributed by atoms with Gasteiger partial charge in [0.1, 0.15) is 30.8 Å². The van der Waals surface area contributed by atoms with Crippen LogP contribution in [0.4, 0.5) is 9.59 Å². The number of urea groups is 2. The van der Waals surface area contributed by atoms with Crippen molar-refractivity contribution in [1.29, 1.82) is 0 Å². The van der Waals surface area contributed by atoms with Crippen LogP contribution in [0, 0.1) is 11.3 Å². The smallest absolute Gasteiger partial charge is 0.394 e. The largest absolute Gasteiger partial charge is 0.472 e. The molecule has 5 N–H and O–H groups in total. The van der Waals surface area contributed by atoms with Crippen molar-refractivity contribution in [3.63, 3.8) is 0 Å². The van der Waals surface area contributed by atoms with Crippen LogP contribution < -0.4 is 10.6 Å². The average molecular weight is 532 g/mol. The predicted molar refractivity (Wildman–Crippen MR) is 110 cm³/mol. The van der Waals surface area contributed by atoms with Gasteiger partial charge in [0.25, 0.3) is 0 Å². The van der Waals surface area contributed by atoms with Crippen LogP contribution in [0.25, 0.3) is 0 Å². The van der Waals surface area contributed by atoms with Gasteiger partial charge < -0.3 is 24.6 Å².